The first-order valence-electron chi connectivity index (χ1n) is 8.30. The number of hydrogen-bond acceptors (Lipinski definition) is 6. The molecule has 0 saturated carbocycles. The fraction of sp³-hybridized carbons (Fsp3) is 0.235. The summed E-state index contributed by atoms with van der Waals surface area (Å²) in [6.45, 7) is 0.803. The fourth-order valence-electron chi connectivity index (χ4n) is 2.81. The van der Waals surface area contributed by atoms with Crippen LogP contribution in [0.2, 0.25) is 0 Å². The van der Waals surface area contributed by atoms with Gasteiger partial charge in [0.15, 0.2) is 5.82 Å². The van der Waals surface area contributed by atoms with Crippen LogP contribution in [-0.4, -0.2) is 43.7 Å². The highest BCUT2D eigenvalue weighted by molar-refractivity contribution is 5.94. The van der Waals surface area contributed by atoms with Crippen molar-refractivity contribution in [2.75, 3.05) is 23.3 Å². The first kappa shape index (κ1) is 17.9. The Morgan fingerprint density at radius 1 is 1.11 bits per heavy atom. The third-order valence-corrected chi connectivity index (χ3v) is 4.33. The van der Waals surface area contributed by atoms with E-state index in [1.807, 2.05) is 4.90 Å². The molecular weight excluding hydrogens is 375 g/mol. The first-order chi connectivity index (χ1) is 13.4. The minimum absolute atomic E-state index is 0.119. The van der Waals surface area contributed by atoms with Gasteiger partial charge >= 0.3 is 6.18 Å². The van der Waals surface area contributed by atoms with Gasteiger partial charge < -0.3 is 10.2 Å². The van der Waals surface area contributed by atoms with Crippen molar-refractivity contribution in [1.29, 1.82) is 0 Å². The second-order valence-electron chi connectivity index (χ2n) is 6.24. The lowest BCUT2D eigenvalue weighted by atomic mass is 9.99. The Kier molecular flexibility index (Phi) is 4.41. The first-order valence-corrected chi connectivity index (χ1v) is 8.30. The van der Waals surface area contributed by atoms with Gasteiger partial charge in [-0.15, -0.1) is 0 Å². The van der Waals surface area contributed by atoms with E-state index < -0.39 is 11.7 Å². The number of carbonyl (C=O) groups excluding carboxylic acids is 1. The van der Waals surface area contributed by atoms with Crippen LogP contribution in [0.25, 0.3) is 5.82 Å². The fourth-order valence-corrected chi connectivity index (χ4v) is 2.81. The molecule has 0 unspecified atom stereocenters. The van der Waals surface area contributed by atoms with Gasteiger partial charge in [0.05, 0.1) is 11.5 Å². The molecule has 144 valence electrons. The van der Waals surface area contributed by atoms with E-state index in [1.54, 1.807) is 6.07 Å². The second kappa shape index (κ2) is 6.91. The summed E-state index contributed by atoms with van der Waals surface area (Å²) in [4.78, 5) is 26.3. The number of rotatable bonds is 4. The van der Waals surface area contributed by atoms with Crippen molar-refractivity contribution in [3.05, 3.63) is 54.9 Å². The van der Waals surface area contributed by atoms with Gasteiger partial charge in [-0.1, -0.05) is 6.07 Å². The molecule has 0 spiro atoms. The van der Waals surface area contributed by atoms with Gasteiger partial charge in [0.1, 0.15) is 24.8 Å². The smallest absolute Gasteiger partial charge is 0.355 e. The Morgan fingerprint density at radius 2 is 1.89 bits per heavy atom. The molecule has 3 heterocycles. The highest BCUT2D eigenvalue weighted by Crippen LogP contribution is 2.31. The number of aromatic nitrogens is 5. The number of amides is 1. The Labute approximate surface area is 157 Å². The van der Waals surface area contributed by atoms with Gasteiger partial charge in [-0.25, -0.2) is 19.6 Å². The number of anilines is 2. The lowest BCUT2D eigenvalue weighted by Gasteiger charge is -2.39. The quantitative estimate of drug-likeness (QED) is 0.736. The molecule has 1 amide bonds. The topological polar surface area (TPSA) is 88.8 Å². The number of carbonyl (C=O) groups is 1. The molecule has 28 heavy (non-hydrogen) atoms. The molecule has 0 radical (unpaired) electrons. The summed E-state index contributed by atoms with van der Waals surface area (Å²) in [6.07, 6.45) is -0.168. The van der Waals surface area contributed by atoms with Crippen LogP contribution >= 0.6 is 0 Å². The van der Waals surface area contributed by atoms with Crippen LogP contribution in [0, 0.1) is 5.92 Å². The van der Waals surface area contributed by atoms with Crippen LogP contribution in [-0.2, 0) is 11.0 Å². The van der Waals surface area contributed by atoms with Crippen molar-refractivity contribution in [3.63, 3.8) is 0 Å². The molecule has 8 nitrogen and oxygen atoms in total. The number of alkyl halides is 3. The molecule has 1 N–H and O–H groups in total. The van der Waals surface area contributed by atoms with Gasteiger partial charge in [0, 0.05) is 24.8 Å². The maximum absolute atomic E-state index is 12.8. The third-order valence-electron chi connectivity index (χ3n) is 4.33. The summed E-state index contributed by atoms with van der Waals surface area (Å²) in [5.74, 6) is 0.489. The molecule has 1 aliphatic heterocycles. The predicted molar refractivity (Wildman–Crippen MR) is 92.7 cm³/mol. The monoisotopic (exact) mass is 389 g/mol. The lowest BCUT2D eigenvalue weighted by molar-refractivity contribution is -0.137. The van der Waals surface area contributed by atoms with Gasteiger partial charge in [-0.2, -0.15) is 18.3 Å². The molecule has 3 aromatic rings. The highest BCUT2D eigenvalue weighted by Gasteiger charge is 2.34. The molecule has 1 fully saturated rings. The molecule has 1 aromatic carbocycles. The molecule has 2 aromatic heterocycles. The van der Waals surface area contributed by atoms with Crippen molar-refractivity contribution < 1.29 is 18.0 Å². The molecule has 1 aliphatic rings. The zero-order valence-electron chi connectivity index (χ0n) is 14.3. The van der Waals surface area contributed by atoms with Crippen molar-refractivity contribution in [2.45, 2.75) is 6.18 Å². The van der Waals surface area contributed by atoms with Crippen LogP contribution in [0.5, 0.6) is 0 Å². The number of halogens is 3. The van der Waals surface area contributed by atoms with Crippen LogP contribution in [0.4, 0.5) is 24.7 Å². The van der Waals surface area contributed by atoms with E-state index in [1.165, 1.54) is 35.8 Å². The van der Waals surface area contributed by atoms with E-state index in [4.69, 9.17) is 0 Å². The molecule has 4 rings (SSSR count). The van der Waals surface area contributed by atoms with E-state index in [0.717, 1.165) is 12.1 Å². The highest BCUT2D eigenvalue weighted by atomic mass is 19.4. The maximum atomic E-state index is 12.8. The third kappa shape index (κ3) is 3.63. The van der Waals surface area contributed by atoms with Crippen molar-refractivity contribution >= 4 is 17.4 Å². The zero-order chi connectivity index (χ0) is 19.7. The molecule has 0 bridgehead atoms. The normalized spacial score (nSPS) is 14.6. The summed E-state index contributed by atoms with van der Waals surface area (Å²) in [6, 6.07) is 6.29. The van der Waals surface area contributed by atoms with Crippen molar-refractivity contribution in [2.24, 2.45) is 5.92 Å². The average Bonchev–Trinajstić information content (AvgIpc) is 3.15. The molecule has 0 aliphatic carbocycles. The summed E-state index contributed by atoms with van der Waals surface area (Å²) in [5.41, 5.74) is -0.684. The summed E-state index contributed by atoms with van der Waals surface area (Å²) in [7, 11) is 0. The van der Waals surface area contributed by atoms with Gasteiger partial charge in [0.25, 0.3) is 0 Å². The van der Waals surface area contributed by atoms with Crippen LogP contribution in [0.1, 0.15) is 5.56 Å². The minimum Gasteiger partial charge on any atom is -0.355 e. The molecule has 11 heteroatoms. The number of hydrogen-bond donors (Lipinski definition) is 1. The molecule has 0 atom stereocenters. The Hall–Kier alpha value is -3.50. The summed E-state index contributed by atoms with van der Waals surface area (Å²) in [5, 5.41) is 6.54. The zero-order valence-corrected chi connectivity index (χ0v) is 14.3. The van der Waals surface area contributed by atoms with E-state index in [9.17, 15) is 18.0 Å². The van der Waals surface area contributed by atoms with Crippen LogP contribution in [0.3, 0.4) is 0 Å². The Balaban J connectivity index is 1.38. The van der Waals surface area contributed by atoms with Crippen LogP contribution < -0.4 is 10.2 Å². The van der Waals surface area contributed by atoms with E-state index >= 15 is 0 Å². The number of benzene rings is 1. The number of nitrogens with one attached hydrogen (secondary N) is 1. The number of nitrogens with zero attached hydrogens (tertiary/aromatic N) is 6. The van der Waals surface area contributed by atoms with Crippen LogP contribution in [0.15, 0.2) is 49.3 Å². The largest absolute Gasteiger partial charge is 0.416 e. The summed E-state index contributed by atoms with van der Waals surface area (Å²) < 4.78 is 39.8. The van der Waals surface area contributed by atoms with Gasteiger partial charge in [0.2, 0.25) is 5.91 Å². The lowest BCUT2D eigenvalue weighted by Crippen LogP contribution is -2.52. The predicted octanol–water partition coefficient (Wildman–Crippen LogP) is 2.15. The standard InChI is InChI=1S/C17H14F3N7O/c18-17(19,20)12-2-1-3-13(4-12)25-16(28)11-6-26(7-11)14-5-15(23-9-22-14)27-10-21-8-24-27/h1-5,8-11H,6-7H2,(H,25,28). The second-order valence-corrected chi connectivity index (χ2v) is 6.24. The average molecular weight is 389 g/mol. The molecule has 1 saturated heterocycles. The van der Waals surface area contributed by atoms with Crippen molar-refractivity contribution in [1.82, 2.24) is 24.7 Å². The maximum Gasteiger partial charge on any atom is 0.416 e. The van der Waals surface area contributed by atoms with E-state index in [2.05, 4.69) is 25.4 Å². The SMILES string of the molecule is O=C(Nc1cccc(C(F)(F)F)c1)C1CN(c2cc(-n3cncn3)ncn2)C1. The Bertz CT molecular complexity index is 984. The van der Waals surface area contributed by atoms with E-state index in [-0.39, 0.29) is 17.5 Å². The summed E-state index contributed by atoms with van der Waals surface area (Å²) >= 11 is 0. The van der Waals surface area contributed by atoms with E-state index in [0.29, 0.717) is 24.7 Å². The minimum atomic E-state index is -4.46. The van der Waals surface area contributed by atoms with Gasteiger partial charge in [-0.05, 0) is 18.2 Å². The molecular formula is C17H14F3N7O. The van der Waals surface area contributed by atoms with Crippen molar-refractivity contribution in [3.8, 4) is 5.82 Å². The van der Waals surface area contributed by atoms with Gasteiger partial charge in [-0.3, -0.25) is 4.79 Å². The Morgan fingerprint density at radius 3 is 2.61 bits per heavy atom.